The van der Waals surface area contributed by atoms with Crippen molar-refractivity contribution in [3.63, 3.8) is 0 Å². The van der Waals surface area contributed by atoms with E-state index in [9.17, 15) is 9.18 Å². The van der Waals surface area contributed by atoms with E-state index in [0.717, 1.165) is 62.1 Å². The molecular formula is C23H32FN3O. The largest absolute Gasteiger partial charge is 0.337 e. The van der Waals surface area contributed by atoms with Gasteiger partial charge in [-0.05, 0) is 74.6 Å². The maximum absolute atomic E-state index is 13.2. The highest BCUT2D eigenvalue weighted by Gasteiger charge is 2.27. The lowest BCUT2D eigenvalue weighted by atomic mass is 9.91. The van der Waals surface area contributed by atoms with Gasteiger partial charge in [0, 0.05) is 19.6 Å². The van der Waals surface area contributed by atoms with E-state index in [1.807, 2.05) is 34.7 Å². The van der Waals surface area contributed by atoms with E-state index in [1.54, 1.807) is 0 Å². The summed E-state index contributed by atoms with van der Waals surface area (Å²) < 4.78 is 14.9. The van der Waals surface area contributed by atoms with Gasteiger partial charge in [0.05, 0.1) is 5.69 Å². The fourth-order valence-corrected chi connectivity index (χ4v) is 4.07. The number of carbonyl (C=O) groups is 1. The molecule has 1 atom stereocenters. The average molecular weight is 386 g/mol. The lowest BCUT2D eigenvalue weighted by Gasteiger charge is -2.33. The average Bonchev–Trinajstić information content (AvgIpc) is 3.09. The number of carbonyl (C=O) groups excluding carboxylic acids is 1. The number of halogens is 1. The fourth-order valence-electron chi connectivity index (χ4n) is 4.07. The highest BCUT2D eigenvalue weighted by atomic mass is 19.1. The molecule has 0 bridgehead atoms. The third kappa shape index (κ3) is 5.21. The third-order valence-electron chi connectivity index (χ3n) is 5.53. The lowest BCUT2D eigenvalue weighted by Crippen LogP contribution is -2.40. The number of rotatable bonds is 7. The van der Waals surface area contributed by atoms with Crippen LogP contribution in [0.25, 0.3) is 0 Å². The van der Waals surface area contributed by atoms with Gasteiger partial charge in [0.15, 0.2) is 0 Å². The van der Waals surface area contributed by atoms with Crippen LogP contribution in [0.1, 0.15) is 61.8 Å². The van der Waals surface area contributed by atoms with Gasteiger partial charge in [0.25, 0.3) is 5.91 Å². The van der Waals surface area contributed by atoms with Crippen LogP contribution >= 0.6 is 0 Å². The number of likely N-dealkylation sites (tertiary alicyclic amines) is 1. The summed E-state index contributed by atoms with van der Waals surface area (Å²) in [6.07, 6.45) is 5.04. The predicted molar refractivity (Wildman–Crippen MR) is 110 cm³/mol. The topological polar surface area (TPSA) is 38.1 Å². The number of benzene rings is 1. The second kappa shape index (κ2) is 9.35. The van der Waals surface area contributed by atoms with E-state index < -0.39 is 0 Å². The minimum Gasteiger partial charge on any atom is -0.337 e. The number of aromatic nitrogens is 2. The Hall–Kier alpha value is -2.17. The maximum atomic E-state index is 13.2. The van der Waals surface area contributed by atoms with Gasteiger partial charge in [0.2, 0.25) is 0 Å². The highest BCUT2D eigenvalue weighted by Crippen LogP contribution is 2.23. The first-order valence-electron chi connectivity index (χ1n) is 10.6. The molecule has 4 nitrogen and oxygen atoms in total. The summed E-state index contributed by atoms with van der Waals surface area (Å²) in [7, 11) is 0. The van der Waals surface area contributed by atoms with Gasteiger partial charge in [-0.25, -0.2) is 4.39 Å². The minimum absolute atomic E-state index is 0.107. The predicted octanol–water partition coefficient (Wildman–Crippen LogP) is 4.73. The second-order valence-corrected chi connectivity index (χ2v) is 8.36. The number of aryl methyl sites for hydroxylation is 2. The SMILES string of the molecule is CCn1nc(CC(C)C)cc1C(=O)N1CCC[C@H](CCc2ccc(F)cc2)C1. The highest BCUT2D eigenvalue weighted by molar-refractivity contribution is 5.92. The van der Waals surface area contributed by atoms with Crippen LogP contribution in [-0.4, -0.2) is 33.7 Å². The number of amides is 1. The van der Waals surface area contributed by atoms with Gasteiger partial charge in [-0.15, -0.1) is 0 Å². The molecule has 1 aromatic carbocycles. The molecule has 0 spiro atoms. The molecule has 2 aromatic rings. The Balaban J connectivity index is 1.62. The zero-order valence-electron chi connectivity index (χ0n) is 17.3. The Morgan fingerprint density at radius 2 is 2.04 bits per heavy atom. The van der Waals surface area contributed by atoms with Crippen molar-refractivity contribution >= 4 is 5.91 Å². The van der Waals surface area contributed by atoms with E-state index in [-0.39, 0.29) is 11.7 Å². The Morgan fingerprint density at radius 3 is 2.71 bits per heavy atom. The van der Waals surface area contributed by atoms with Crippen LogP contribution in [-0.2, 0) is 19.4 Å². The molecule has 1 saturated heterocycles. The van der Waals surface area contributed by atoms with E-state index in [2.05, 4.69) is 18.9 Å². The molecule has 2 heterocycles. The van der Waals surface area contributed by atoms with Gasteiger partial charge in [0.1, 0.15) is 11.5 Å². The second-order valence-electron chi connectivity index (χ2n) is 8.36. The summed E-state index contributed by atoms with van der Waals surface area (Å²) in [5.74, 6) is 0.934. The summed E-state index contributed by atoms with van der Waals surface area (Å²) >= 11 is 0. The van der Waals surface area contributed by atoms with Crippen molar-refractivity contribution in [2.45, 2.75) is 59.4 Å². The quantitative estimate of drug-likeness (QED) is 0.691. The van der Waals surface area contributed by atoms with Crippen molar-refractivity contribution in [2.75, 3.05) is 13.1 Å². The summed E-state index contributed by atoms with van der Waals surface area (Å²) in [5.41, 5.74) is 2.88. The maximum Gasteiger partial charge on any atom is 0.272 e. The molecule has 28 heavy (non-hydrogen) atoms. The molecule has 5 heteroatoms. The number of piperidine rings is 1. The molecule has 3 rings (SSSR count). The van der Waals surface area contributed by atoms with Crippen molar-refractivity contribution in [3.05, 3.63) is 53.1 Å². The molecule has 0 N–H and O–H groups in total. The van der Waals surface area contributed by atoms with E-state index in [0.29, 0.717) is 18.4 Å². The fraction of sp³-hybridized carbons (Fsp3) is 0.565. The van der Waals surface area contributed by atoms with Crippen LogP contribution in [0.5, 0.6) is 0 Å². The van der Waals surface area contributed by atoms with E-state index in [1.165, 1.54) is 12.1 Å². The van der Waals surface area contributed by atoms with Crippen LogP contribution in [0, 0.1) is 17.7 Å². The van der Waals surface area contributed by atoms with Gasteiger partial charge >= 0.3 is 0 Å². The summed E-state index contributed by atoms with van der Waals surface area (Å²) in [4.78, 5) is 15.2. The number of hydrogen-bond donors (Lipinski definition) is 0. The van der Waals surface area contributed by atoms with E-state index in [4.69, 9.17) is 0 Å². The van der Waals surface area contributed by atoms with Gasteiger partial charge < -0.3 is 4.90 Å². The van der Waals surface area contributed by atoms with Gasteiger partial charge in [-0.1, -0.05) is 26.0 Å². The van der Waals surface area contributed by atoms with Crippen LogP contribution in [0.2, 0.25) is 0 Å². The molecule has 0 radical (unpaired) electrons. The molecule has 1 aliphatic rings. The molecular weight excluding hydrogens is 353 g/mol. The molecule has 0 aliphatic carbocycles. The van der Waals surface area contributed by atoms with Crippen molar-refractivity contribution in [1.29, 1.82) is 0 Å². The Labute approximate surface area is 167 Å². The summed E-state index contributed by atoms with van der Waals surface area (Å²) in [5, 5.41) is 4.63. The van der Waals surface area contributed by atoms with Crippen LogP contribution in [0.3, 0.4) is 0 Å². The Bertz CT molecular complexity index is 782. The molecule has 152 valence electrons. The number of nitrogens with zero attached hydrogens (tertiary/aromatic N) is 3. The molecule has 0 saturated carbocycles. The minimum atomic E-state index is -0.192. The summed E-state index contributed by atoms with van der Waals surface area (Å²) in [6, 6.07) is 8.74. The zero-order valence-corrected chi connectivity index (χ0v) is 17.3. The zero-order chi connectivity index (χ0) is 20.1. The number of hydrogen-bond acceptors (Lipinski definition) is 2. The monoisotopic (exact) mass is 385 g/mol. The molecule has 1 aliphatic heterocycles. The first kappa shape index (κ1) is 20.6. The van der Waals surface area contributed by atoms with Gasteiger partial charge in [-0.3, -0.25) is 9.48 Å². The van der Waals surface area contributed by atoms with E-state index >= 15 is 0 Å². The van der Waals surface area contributed by atoms with Crippen LogP contribution in [0.15, 0.2) is 30.3 Å². The smallest absolute Gasteiger partial charge is 0.272 e. The normalized spacial score (nSPS) is 17.3. The Morgan fingerprint density at radius 1 is 1.29 bits per heavy atom. The van der Waals surface area contributed by atoms with Crippen molar-refractivity contribution in [1.82, 2.24) is 14.7 Å². The lowest BCUT2D eigenvalue weighted by molar-refractivity contribution is 0.0656. The molecule has 0 unspecified atom stereocenters. The standard InChI is InChI=1S/C23H32FN3O/c1-4-27-22(15-21(25-27)14-17(2)3)23(28)26-13-5-6-19(16-26)8-7-18-9-11-20(24)12-10-18/h9-12,15,17,19H,4-8,13-14,16H2,1-3H3/t19-/m1/s1. The van der Waals surface area contributed by atoms with Crippen molar-refractivity contribution in [2.24, 2.45) is 11.8 Å². The van der Waals surface area contributed by atoms with Gasteiger partial charge in [-0.2, -0.15) is 5.10 Å². The first-order chi connectivity index (χ1) is 13.5. The first-order valence-corrected chi connectivity index (χ1v) is 10.6. The van der Waals surface area contributed by atoms with Crippen LogP contribution in [0.4, 0.5) is 4.39 Å². The van der Waals surface area contributed by atoms with Crippen molar-refractivity contribution < 1.29 is 9.18 Å². The van der Waals surface area contributed by atoms with Crippen LogP contribution < -0.4 is 0 Å². The molecule has 1 aromatic heterocycles. The van der Waals surface area contributed by atoms with Crippen molar-refractivity contribution in [3.8, 4) is 0 Å². The Kier molecular flexibility index (Phi) is 6.87. The third-order valence-corrected chi connectivity index (χ3v) is 5.53. The summed E-state index contributed by atoms with van der Waals surface area (Å²) in [6.45, 7) is 8.70. The molecule has 1 amide bonds. The molecule has 1 fully saturated rings.